The van der Waals surface area contributed by atoms with Crippen LogP contribution in [0.4, 0.5) is 5.69 Å². The van der Waals surface area contributed by atoms with E-state index in [-0.39, 0.29) is 35.8 Å². The number of hydrogen-bond donors (Lipinski definition) is 0. The van der Waals surface area contributed by atoms with Gasteiger partial charge in [0.2, 0.25) is 5.91 Å². The maximum Gasteiger partial charge on any atom is 0.360 e. The van der Waals surface area contributed by atoms with Crippen molar-refractivity contribution in [3.05, 3.63) is 51.3 Å². The van der Waals surface area contributed by atoms with Crippen molar-refractivity contribution in [1.82, 2.24) is 19.9 Å². The van der Waals surface area contributed by atoms with E-state index in [1.54, 1.807) is 6.92 Å². The number of carbonyl (C=O) groups excluding carboxylic acids is 3. The summed E-state index contributed by atoms with van der Waals surface area (Å²) in [7, 11) is 1.25. The van der Waals surface area contributed by atoms with Crippen LogP contribution in [-0.2, 0) is 32.2 Å². The standard InChI is InChI=1S/C20H21N5O7S/c1-11-16(18(27)31-3)21-22-23(11)10-20(2)17(24-14(26)8-15(24)33-20)19(28)32-9-12-4-6-13(7-5-12)25(29)30/h4-7,15,17H,8-10H2,1-3H3. The first-order valence-corrected chi connectivity index (χ1v) is 10.9. The topological polar surface area (TPSA) is 147 Å². The van der Waals surface area contributed by atoms with Gasteiger partial charge in [-0.3, -0.25) is 14.9 Å². The molecule has 12 nitrogen and oxygen atoms in total. The van der Waals surface area contributed by atoms with Crippen LogP contribution in [0.5, 0.6) is 0 Å². The maximum absolute atomic E-state index is 13.1. The van der Waals surface area contributed by atoms with Gasteiger partial charge in [0, 0.05) is 12.1 Å². The molecule has 2 fully saturated rings. The number of methoxy groups -OCH3 is 1. The molecule has 2 aromatic rings. The minimum Gasteiger partial charge on any atom is -0.464 e. The predicted molar refractivity (Wildman–Crippen MR) is 114 cm³/mol. The van der Waals surface area contributed by atoms with Gasteiger partial charge in [0.05, 0.1) is 40.8 Å². The number of fused-ring (bicyclic) bond motifs is 1. The Hall–Kier alpha value is -3.48. The molecule has 4 rings (SSSR count). The Morgan fingerprint density at radius 2 is 2.03 bits per heavy atom. The zero-order valence-corrected chi connectivity index (χ0v) is 18.9. The molecule has 3 unspecified atom stereocenters. The van der Waals surface area contributed by atoms with E-state index in [0.29, 0.717) is 17.7 Å². The van der Waals surface area contributed by atoms with Crippen LogP contribution in [0, 0.1) is 17.0 Å². The van der Waals surface area contributed by atoms with E-state index in [1.165, 1.54) is 52.7 Å². The third-order valence-electron chi connectivity index (χ3n) is 5.79. The molecule has 0 bridgehead atoms. The van der Waals surface area contributed by atoms with Crippen molar-refractivity contribution in [1.29, 1.82) is 0 Å². The van der Waals surface area contributed by atoms with Crippen LogP contribution < -0.4 is 0 Å². The van der Waals surface area contributed by atoms with E-state index in [4.69, 9.17) is 9.47 Å². The van der Waals surface area contributed by atoms with Gasteiger partial charge >= 0.3 is 11.9 Å². The van der Waals surface area contributed by atoms with Crippen molar-refractivity contribution in [2.24, 2.45) is 0 Å². The number of nitro groups is 1. The zero-order valence-electron chi connectivity index (χ0n) is 18.1. The van der Waals surface area contributed by atoms with Crippen LogP contribution in [0.3, 0.4) is 0 Å². The van der Waals surface area contributed by atoms with Crippen LogP contribution in [0.15, 0.2) is 24.3 Å². The van der Waals surface area contributed by atoms with Gasteiger partial charge in [-0.05, 0) is 31.5 Å². The second-order valence-electron chi connectivity index (χ2n) is 8.00. The first-order valence-electron chi connectivity index (χ1n) is 10.0. The number of hydrogen-bond acceptors (Lipinski definition) is 10. The summed E-state index contributed by atoms with van der Waals surface area (Å²) >= 11 is 1.48. The average Bonchev–Trinajstić information content (AvgIpc) is 3.25. The first kappa shape index (κ1) is 22.7. The highest BCUT2D eigenvalue weighted by Crippen LogP contribution is 2.52. The zero-order chi connectivity index (χ0) is 23.9. The number of nitro benzene ring substituents is 1. The summed E-state index contributed by atoms with van der Waals surface area (Å²) in [6, 6.07) is 4.83. The number of aromatic nitrogens is 3. The minimum atomic E-state index is -0.864. The van der Waals surface area contributed by atoms with Crippen molar-refractivity contribution in [2.45, 2.75) is 49.6 Å². The van der Waals surface area contributed by atoms with Crippen molar-refractivity contribution in [3.63, 3.8) is 0 Å². The smallest absolute Gasteiger partial charge is 0.360 e. The Bertz CT molecular complexity index is 1130. The minimum absolute atomic E-state index is 0.0617. The summed E-state index contributed by atoms with van der Waals surface area (Å²) < 4.78 is 11.0. The van der Waals surface area contributed by atoms with Crippen LogP contribution in [-0.4, -0.2) is 65.9 Å². The van der Waals surface area contributed by atoms with Crippen molar-refractivity contribution in [2.75, 3.05) is 7.11 Å². The fourth-order valence-corrected chi connectivity index (χ4v) is 5.74. The van der Waals surface area contributed by atoms with Gasteiger partial charge in [-0.2, -0.15) is 0 Å². The average molecular weight is 475 g/mol. The van der Waals surface area contributed by atoms with E-state index in [9.17, 15) is 24.5 Å². The van der Waals surface area contributed by atoms with Gasteiger partial charge in [0.25, 0.3) is 5.69 Å². The lowest BCUT2D eigenvalue weighted by atomic mass is 9.96. The Kier molecular flexibility index (Phi) is 5.82. The number of benzene rings is 1. The number of rotatable bonds is 7. The van der Waals surface area contributed by atoms with E-state index < -0.39 is 27.7 Å². The lowest BCUT2D eigenvalue weighted by Gasteiger charge is -2.37. The molecule has 0 spiro atoms. The number of amides is 1. The maximum atomic E-state index is 13.1. The van der Waals surface area contributed by atoms with E-state index >= 15 is 0 Å². The highest BCUT2D eigenvalue weighted by atomic mass is 32.2. The Balaban J connectivity index is 1.52. The van der Waals surface area contributed by atoms with E-state index in [0.717, 1.165) is 0 Å². The number of nitrogens with zero attached hydrogens (tertiary/aromatic N) is 5. The van der Waals surface area contributed by atoms with Gasteiger partial charge in [0.1, 0.15) is 12.6 Å². The van der Waals surface area contributed by atoms with Gasteiger partial charge in [-0.15, -0.1) is 16.9 Å². The number of non-ortho nitro benzene ring substituents is 1. The molecule has 33 heavy (non-hydrogen) atoms. The van der Waals surface area contributed by atoms with Gasteiger partial charge < -0.3 is 14.4 Å². The van der Waals surface area contributed by atoms with Crippen LogP contribution in [0.1, 0.15) is 35.1 Å². The normalized spacial score (nSPS) is 23.6. The molecule has 0 aliphatic carbocycles. The molecule has 2 aliphatic heterocycles. The molecule has 1 aromatic carbocycles. The number of ether oxygens (including phenoxy) is 2. The van der Waals surface area contributed by atoms with Crippen LogP contribution in [0.2, 0.25) is 0 Å². The molecule has 3 heterocycles. The summed E-state index contributed by atoms with van der Waals surface area (Å²) in [4.78, 5) is 49.1. The largest absolute Gasteiger partial charge is 0.464 e. The third-order valence-corrected chi connectivity index (χ3v) is 7.34. The van der Waals surface area contributed by atoms with Crippen LogP contribution >= 0.6 is 11.8 Å². The van der Waals surface area contributed by atoms with Gasteiger partial charge in [-0.25, -0.2) is 14.3 Å². The first-order chi connectivity index (χ1) is 15.6. The molecule has 2 saturated heterocycles. The highest BCUT2D eigenvalue weighted by molar-refractivity contribution is 8.01. The van der Waals surface area contributed by atoms with Crippen LogP contribution in [0.25, 0.3) is 0 Å². The SMILES string of the molecule is COC(=O)c1nnn(CC2(C)SC3CC(=O)N3C2C(=O)OCc2ccc([N+](=O)[O-])cc2)c1C. The second-order valence-corrected chi connectivity index (χ2v) is 9.71. The van der Waals surface area contributed by atoms with Crippen molar-refractivity contribution < 1.29 is 28.8 Å². The second kappa shape index (κ2) is 8.46. The molecule has 0 saturated carbocycles. The van der Waals surface area contributed by atoms with Gasteiger partial charge in [0.15, 0.2) is 5.69 Å². The fourth-order valence-electron chi connectivity index (χ4n) is 4.01. The summed E-state index contributed by atoms with van der Waals surface area (Å²) in [5, 5.41) is 18.6. The number of carbonyl (C=O) groups is 3. The van der Waals surface area contributed by atoms with E-state index in [2.05, 4.69) is 10.3 Å². The van der Waals surface area contributed by atoms with Crippen molar-refractivity contribution >= 4 is 35.3 Å². The molecule has 0 radical (unpaired) electrons. The Labute approximate surface area is 192 Å². The highest BCUT2D eigenvalue weighted by Gasteiger charge is 2.61. The molecule has 2 aliphatic rings. The fraction of sp³-hybridized carbons (Fsp3) is 0.450. The summed E-state index contributed by atoms with van der Waals surface area (Å²) in [6.45, 7) is 3.65. The molecule has 174 valence electrons. The summed E-state index contributed by atoms with van der Waals surface area (Å²) in [6.07, 6.45) is 0.330. The molecule has 0 N–H and O–H groups in total. The molecular weight excluding hydrogens is 454 g/mol. The molecule has 1 amide bonds. The molecule has 1 aromatic heterocycles. The Morgan fingerprint density at radius 3 is 2.64 bits per heavy atom. The summed E-state index contributed by atoms with van der Waals surface area (Å²) in [5.74, 6) is -1.33. The molecule has 3 atom stereocenters. The monoisotopic (exact) mass is 475 g/mol. The quantitative estimate of drug-likeness (QED) is 0.249. The molecular formula is C20H21N5O7S. The number of β-lactam (4-membered cyclic amide) rings is 1. The Morgan fingerprint density at radius 1 is 1.33 bits per heavy atom. The molecule has 13 heteroatoms. The van der Waals surface area contributed by atoms with E-state index in [1.807, 2.05) is 6.92 Å². The number of esters is 2. The summed E-state index contributed by atoms with van der Waals surface area (Å²) in [5.41, 5.74) is 1.10. The predicted octanol–water partition coefficient (Wildman–Crippen LogP) is 1.46. The lowest BCUT2D eigenvalue weighted by Crippen LogP contribution is -2.58. The van der Waals surface area contributed by atoms with Gasteiger partial charge in [-0.1, -0.05) is 5.21 Å². The lowest BCUT2D eigenvalue weighted by molar-refractivity contribution is -0.384. The number of thioether (sulfide) groups is 1. The third kappa shape index (κ3) is 4.03. The van der Waals surface area contributed by atoms with Crippen molar-refractivity contribution in [3.8, 4) is 0 Å².